The van der Waals surface area contributed by atoms with Gasteiger partial charge in [-0.05, 0) is 76.2 Å². The second-order valence-electron chi connectivity index (χ2n) is 12.8. The normalized spacial score (nSPS) is 37.5. The van der Waals surface area contributed by atoms with Gasteiger partial charge in [0.1, 0.15) is 11.8 Å². The van der Waals surface area contributed by atoms with E-state index in [-0.39, 0.29) is 29.9 Å². The van der Waals surface area contributed by atoms with Crippen LogP contribution in [0.3, 0.4) is 0 Å². The van der Waals surface area contributed by atoms with Crippen LogP contribution in [0, 0.1) is 29.6 Å². The fourth-order valence-corrected chi connectivity index (χ4v) is 7.94. The van der Waals surface area contributed by atoms with Crippen LogP contribution in [0.5, 0.6) is 0 Å². The number of carbonyl (C=O) groups excluding carboxylic acids is 1. The van der Waals surface area contributed by atoms with Gasteiger partial charge in [-0.1, -0.05) is 50.0 Å². The molecule has 0 radical (unpaired) electrons. The molecule has 5 nitrogen and oxygen atoms in total. The van der Waals surface area contributed by atoms with Crippen LogP contribution in [0.15, 0.2) is 34.9 Å². The van der Waals surface area contributed by atoms with E-state index in [0.29, 0.717) is 36.8 Å². The van der Waals surface area contributed by atoms with Crippen molar-refractivity contribution in [2.24, 2.45) is 29.6 Å². The molecule has 3 fully saturated rings. The fourth-order valence-electron chi connectivity index (χ4n) is 7.94. The lowest BCUT2D eigenvalue weighted by molar-refractivity contribution is -0.162. The summed E-state index contributed by atoms with van der Waals surface area (Å²) < 4.78 is 20.7. The third kappa shape index (κ3) is 4.70. The van der Waals surface area contributed by atoms with E-state index in [2.05, 4.69) is 17.9 Å². The van der Waals surface area contributed by atoms with Crippen LogP contribution >= 0.6 is 0 Å². The van der Waals surface area contributed by atoms with Crippen LogP contribution in [0.25, 0.3) is 0 Å². The molecule has 6 unspecified atom stereocenters. The van der Waals surface area contributed by atoms with E-state index in [1.54, 1.807) is 6.08 Å². The summed E-state index contributed by atoms with van der Waals surface area (Å²) in [5.74, 6) is -0.534. The molecule has 36 heavy (non-hydrogen) atoms. The molecule has 1 N–H and O–H groups in total. The maximum Gasteiger partial charge on any atom is 0.331 e. The van der Waals surface area contributed by atoms with Crippen LogP contribution in [0.1, 0.15) is 79.1 Å². The maximum absolute atomic E-state index is 14.8. The molecule has 1 saturated carbocycles. The first kappa shape index (κ1) is 25.7. The molecule has 3 aliphatic carbocycles. The number of carboxylic acid groups (broad SMARTS) is 1. The third-order valence-corrected chi connectivity index (χ3v) is 9.46. The van der Waals surface area contributed by atoms with Crippen molar-refractivity contribution >= 4 is 11.9 Å². The minimum atomic E-state index is -0.971. The zero-order valence-electron chi connectivity index (χ0n) is 22.2. The molecule has 5 aliphatic rings. The van der Waals surface area contributed by atoms with Crippen LogP contribution in [0.2, 0.25) is 0 Å². The highest BCUT2D eigenvalue weighted by Gasteiger charge is 2.56. The molecule has 7 atom stereocenters. The molecule has 5 rings (SSSR count). The molecule has 0 spiro atoms. The number of aliphatic carboxylic acids is 1. The van der Waals surface area contributed by atoms with Gasteiger partial charge in [0, 0.05) is 30.1 Å². The summed E-state index contributed by atoms with van der Waals surface area (Å²) in [6, 6.07) is 0.164. The van der Waals surface area contributed by atoms with Crippen LogP contribution in [-0.4, -0.2) is 52.3 Å². The Morgan fingerprint density at radius 2 is 1.78 bits per heavy atom. The summed E-state index contributed by atoms with van der Waals surface area (Å²) in [7, 11) is 0. The topological polar surface area (TPSA) is 66.8 Å². The van der Waals surface area contributed by atoms with E-state index in [9.17, 15) is 19.1 Å². The lowest BCUT2D eigenvalue weighted by Crippen LogP contribution is -2.46. The average molecular weight is 500 g/mol. The molecule has 2 saturated heterocycles. The highest BCUT2D eigenvalue weighted by Crippen LogP contribution is 2.55. The van der Waals surface area contributed by atoms with Crippen LogP contribution in [0.4, 0.5) is 4.39 Å². The van der Waals surface area contributed by atoms with Crippen molar-refractivity contribution in [3.05, 3.63) is 34.9 Å². The second kappa shape index (κ2) is 9.74. The minimum absolute atomic E-state index is 0.0161. The van der Waals surface area contributed by atoms with Gasteiger partial charge in [-0.2, -0.15) is 0 Å². The second-order valence-corrected chi connectivity index (χ2v) is 12.8. The predicted octanol–water partition coefficient (Wildman–Crippen LogP) is 5.86. The van der Waals surface area contributed by atoms with Gasteiger partial charge < -0.3 is 9.84 Å². The zero-order chi connectivity index (χ0) is 25.8. The van der Waals surface area contributed by atoms with Gasteiger partial charge in [0.15, 0.2) is 0 Å². The number of hydrogen-bond donors (Lipinski definition) is 1. The molecule has 2 heterocycles. The number of halogens is 1. The molecular weight excluding hydrogens is 457 g/mol. The standard InChI is InChI=1S/C30H42FNO4/c1-17-23-15-20(31)11-13-21(23)27-26(18-8-6-5-7-9-18)22-12-10-19(28(33)34)14-25(22)32(27)16-24(17)29(35)36-30(2,3)4/h10,12,15,17-18,20-21,24-27H,5-9,11,13-14,16H2,1-4H3,(H,33,34)/t17-,20?,21?,24?,25?,26?,27?/m0/s1. The van der Waals surface area contributed by atoms with Gasteiger partial charge in [-0.15, -0.1) is 0 Å². The summed E-state index contributed by atoms with van der Waals surface area (Å²) in [6.45, 7) is 8.26. The smallest absolute Gasteiger partial charge is 0.331 e. The van der Waals surface area contributed by atoms with Crippen LogP contribution < -0.4 is 0 Å². The number of ether oxygens (including phenoxy) is 1. The van der Waals surface area contributed by atoms with Gasteiger partial charge in [0.05, 0.1) is 5.92 Å². The molecule has 2 aliphatic heterocycles. The molecule has 0 aromatic carbocycles. The van der Waals surface area contributed by atoms with E-state index in [0.717, 1.165) is 12.0 Å². The number of hydrogen-bond acceptors (Lipinski definition) is 4. The molecule has 6 heteroatoms. The Morgan fingerprint density at radius 1 is 1.06 bits per heavy atom. The summed E-state index contributed by atoms with van der Waals surface area (Å²) in [5, 5.41) is 9.81. The van der Waals surface area contributed by atoms with Gasteiger partial charge in [0.2, 0.25) is 0 Å². The minimum Gasteiger partial charge on any atom is -0.478 e. The van der Waals surface area contributed by atoms with E-state index in [1.165, 1.54) is 37.7 Å². The van der Waals surface area contributed by atoms with Gasteiger partial charge in [-0.3, -0.25) is 9.69 Å². The number of allylic oxidation sites excluding steroid dienone is 3. The van der Waals surface area contributed by atoms with Gasteiger partial charge >= 0.3 is 11.9 Å². The SMILES string of the molecule is C[C@H]1C2=CC(F)CCC2C2C(C3CCCCC3)C3=CC=C(C(=O)O)CC3N2CC1C(=O)OC(C)(C)C. The Bertz CT molecular complexity index is 985. The van der Waals surface area contributed by atoms with Gasteiger partial charge in [0.25, 0.3) is 0 Å². The third-order valence-electron chi connectivity index (χ3n) is 9.46. The number of nitrogens with zero attached hydrogens (tertiary/aromatic N) is 1. The van der Waals surface area contributed by atoms with Crippen molar-refractivity contribution in [3.63, 3.8) is 0 Å². The lowest BCUT2D eigenvalue weighted by Gasteiger charge is -2.40. The van der Waals surface area contributed by atoms with E-state index >= 15 is 0 Å². The van der Waals surface area contributed by atoms with Crippen molar-refractivity contribution in [1.29, 1.82) is 0 Å². The van der Waals surface area contributed by atoms with E-state index in [4.69, 9.17) is 4.74 Å². The Labute approximate surface area is 214 Å². The summed E-state index contributed by atoms with van der Waals surface area (Å²) in [4.78, 5) is 28.0. The van der Waals surface area contributed by atoms with Crippen molar-refractivity contribution in [2.75, 3.05) is 6.54 Å². The van der Waals surface area contributed by atoms with Crippen LogP contribution in [-0.2, 0) is 14.3 Å². The molecule has 0 amide bonds. The fraction of sp³-hybridized carbons (Fsp3) is 0.733. The number of rotatable bonds is 3. The number of carboxylic acids is 1. The summed E-state index contributed by atoms with van der Waals surface area (Å²) in [6.07, 6.45) is 12.6. The van der Waals surface area contributed by atoms with E-state index < -0.39 is 23.7 Å². The number of esters is 1. The largest absolute Gasteiger partial charge is 0.478 e. The van der Waals surface area contributed by atoms with Crippen molar-refractivity contribution in [3.8, 4) is 0 Å². The van der Waals surface area contributed by atoms with Crippen molar-refractivity contribution in [2.45, 2.75) is 103 Å². The molecule has 0 aromatic heterocycles. The molecule has 0 aromatic rings. The number of alkyl halides is 1. The zero-order valence-corrected chi connectivity index (χ0v) is 22.2. The highest BCUT2D eigenvalue weighted by molar-refractivity contribution is 5.87. The average Bonchev–Trinajstić information content (AvgIpc) is 3.08. The van der Waals surface area contributed by atoms with Crippen molar-refractivity contribution in [1.82, 2.24) is 4.90 Å². The molecular formula is C30H42FNO4. The monoisotopic (exact) mass is 499 g/mol. The molecule has 198 valence electrons. The Balaban J connectivity index is 1.60. The highest BCUT2D eigenvalue weighted by atomic mass is 19.1. The summed E-state index contributed by atoms with van der Waals surface area (Å²) in [5.41, 5.74) is 2.26. The maximum atomic E-state index is 14.8. The predicted molar refractivity (Wildman–Crippen MR) is 137 cm³/mol. The Hall–Kier alpha value is -1.95. The first-order valence-corrected chi connectivity index (χ1v) is 14.0. The molecule has 0 bridgehead atoms. The summed E-state index contributed by atoms with van der Waals surface area (Å²) >= 11 is 0. The van der Waals surface area contributed by atoms with E-state index in [1.807, 2.05) is 26.8 Å². The lowest BCUT2D eigenvalue weighted by atomic mass is 9.66. The number of fused-ring (bicyclic) bond motifs is 5. The van der Waals surface area contributed by atoms with Crippen molar-refractivity contribution < 1.29 is 23.8 Å². The quantitative estimate of drug-likeness (QED) is 0.389. The Morgan fingerprint density at radius 3 is 2.44 bits per heavy atom. The van der Waals surface area contributed by atoms with Gasteiger partial charge in [-0.25, -0.2) is 9.18 Å². The first-order chi connectivity index (χ1) is 17.0. The number of carbonyl (C=O) groups is 2. The first-order valence-electron chi connectivity index (χ1n) is 14.0. The Kier molecular flexibility index (Phi) is 6.95.